The lowest BCUT2D eigenvalue weighted by Crippen LogP contribution is -2.28. The van der Waals surface area contributed by atoms with Crippen LogP contribution in [0.5, 0.6) is 0 Å². The molecule has 1 aromatic heterocycles. The van der Waals surface area contributed by atoms with Gasteiger partial charge in [0.2, 0.25) is 0 Å². The van der Waals surface area contributed by atoms with E-state index in [9.17, 15) is 0 Å². The molecular weight excluding hydrogens is 260 g/mol. The average Bonchev–Trinajstić information content (AvgIpc) is 2.49. The highest BCUT2D eigenvalue weighted by Crippen LogP contribution is 2.16. The molecule has 0 spiro atoms. The summed E-state index contributed by atoms with van der Waals surface area (Å²) in [5.74, 6) is 1.09. The zero-order valence-corrected chi connectivity index (χ0v) is 14.4. The maximum Gasteiger partial charge on any atom is 0.128 e. The molecule has 0 saturated carbocycles. The molecule has 1 atom stereocenters. The second-order valence-electron chi connectivity index (χ2n) is 5.86. The lowest BCUT2D eigenvalue weighted by atomic mass is 10.1. The Morgan fingerprint density at radius 2 is 1.95 bits per heavy atom. The van der Waals surface area contributed by atoms with Crippen LogP contribution in [0.3, 0.4) is 0 Å². The lowest BCUT2D eigenvalue weighted by molar-refractivity contribution is 0.400. The molecule has 1 N–H and O–H groups in total. The molecule has 0 aliphatic carbocycles. The Kier molecular flexibility index (Phi) is 8.31. The fourth-order valence-electron chi connectivity index (χ4n) is 2.33. The summed E-state index contributed by atoms with van der Waals surface area (Å²) in [6.45, 7) is 10.8. The predicted octanol–water partition coefficient (Wildman–Crippen LogP) is 2.92. The monoisotopic (exact) mass is 292 g/mol. The third kappa shape index (κ3) is 6.44. The molecule has 4 heteroatoms. The maximum atomic E-state index is 4.65. The van der Waals surface area contributed by atoms with Crippen LogP contribution < -0.4 is 10.2 Å². The van der Waals surface area contributed by atoms with Gasteiger partial charge >= 0.3 is 0 Å². The lowest BCUT2D eigenvalue weighted by Gasteiger charge is -2.23. The molecule has 0 fully saturated rings. The first-order valence-electron chi connectivity index (χ1n) is 8.17. The molecule has 0 radical (unpaired) electrons. The van der Waals surface area contributed by atoms with E-state index in [4.69, 9.17) is 0 Å². The van der Waals surface area contributed by atoms with E-state index >= 15 is 0 Å². The summed E-state index contributed by atoms with van der Waals surface area (Å²) in [5.41, 5.74) is 1.26. The molecule has 0 saturated heterocycles. The summed E-state index contributed by atoms with van der Waals surface area (Å²) in [4.78, 5) is 9.22. The topological polar surface area (TPSA) is 31.4 Å². The summed E-state index contributed by atoms with van der Waals surface area (Å²) >= 11 is 0. The molecule has 1 rings (SSSR count). The molecule has 1 heterocycles. The smallest absolute Gasteiger partial charge is 0.128 e. The highest BCUT2D eigenvalue weighted by atomic mass is 15.2. The van der Waals surface area contributed by atoms with E-state index in [0.717, 1.165) is 38.4 Å². The molecule has 21 heavy (non-hydrogen) atoms. The molecule has 0 aliphatic heterocycles. The van der Waals surface area contributed by atoms with Gasteiger partial charge in [0, 0.05) is 25.3 Å². The Morgan fingerprint density at radius 3 is 2.48 bits per heavy atom. The van der Waals surface area contributed by atoms with Gasteiger partial charge in [-0.25, -0.2) is 4.98 Å². The van der Waals surface area contributed by atoms with Crippen molar-refractivity contribution in [2.45, 2.75) is 39.7 Å². The largest absolute Gasteiger partial charge is 0.357 e. The Hall–Kier alpha value is -1.13. The first kappa shape index (κ1) is 17.9. The first-order chi connectivity index (χ1) is 10.1. The van der Waals surface area contributed by atoms with Crippen LogP contribution in [0, 0.1) is 0 Å². The summed E-state index contributed by atoms with van der Waals surface area (Å²) in [6.07, 6.45) is 4.33. The van der Waals surface area contributed by atoms with Gasteiger partial charge in [-0.3, -0.25) is 0 Å². The number of rotatable bonds is 10. The van der Waals surface area contributed by atoms with Gasteiger partial charge in [-0.15, -0.1) is 0 Å². The highest BCUT2D eigenvalue weighted by molar-refractivity contribution is 5.39. The fourth-order valence-corrected chi connectivity index (χ4v) is 2.33. The molecule has 0 bridgehead atoms. The third-order valence-electron chi connectivity index (χ3n) is 3.71. The summed E-state index contributed by atoms with van der Waals surface area (Å²) < 4.78 is 0. The molecule has 0 amide bonds. The highest BCUT2D eigenvalue weighted by Gasteiger charge is 2.08. The van der Waals surface area contributed by atoms with Crippen molar-refractivity contribution in [3.8, 4) is 0 Å². The van der Waals surface area contributed by atoms with Gasteiger partial charge in [0.05, 0.1) is 0 Å². The Morgan fingerprint density at radius 1 is 1.19 bits per heavy atom. The van der Waals surface area contributed by atoms with E-state index in [1.807, 2.05) is 6.20 Å². The van der Waals surface area contributed by atoms with Gasteiger partial charge in [0.15, 0.2) is 0 Å². The van der Waals surface area contributed by atoms with E-state index in [2.05, 4.69) is 67.1 Å². The zero-order valence-electron chi connectivity index (χ0n) is 14.4. The molecule has 1 aromatic rings. The molecule has 120 valence electrons. The van der Waals surface area contributed by atoms with Crippen molar-refractivity contribution in [1.29, 1.82) is 0 Å². The molecule has 0 aromatic carbocycles. The second-order valence-corrected chi connectivity index (χ2v) is 5.86. The molecule has 4 nitrogen and oxygen atoms in total. The summed E-state index contributed by atoms with van der Waals surface area (Å²) in [7, 11) is 4.24. The second kappa shape index (κ2) is 9.74. The van der Waals surface area contributed by atoms with E-state index in [0.29, 0.717) is 6.04 Å². The van der Waals surface area contributed by atoms with Crippen LogP contribution in [0.25, 0.3) is 0 Å². The molecular formula is C17H32N4. The fraction of sp³-hybridized carbons (Fsp3) is 0.706. The van der Waals surface area contributed by atoms with Crippen molar-refractivity contribution in [2.75, 3.05) is 45.2 Å². The molecule has 0 aliphatic rings. The number of hydrogen-bond donors (Lipinski definition) is 1. The minimum Gasteiger partial charge on any atom is -0.357 e. The van der Waals surface area contributed by atoms with Crippen molar-refractivity contribution in [3.05, 3.63) is 23.9 Å². The maximum absolute atomic E-state index is 4.65. The summed E-state index contributed by atoms with van der Waals surface area (Å²) in [6, 6.07) is 4.72. The minimum absolute atomic E-state index is 0.371. The van der Waals surface area contributed by atoms with Crippen LogP contribution >= 0.6 is 0 Å². The normalized spacial score (nSPS) is 12.7. The van der Waals surface area contributed by atoms with E-state index in [1.54, 1.807) is 0 Å². The Balaban J connectivity index is 2.57. The van der Waals surface area contributed by atoms with Crippen LogP contribution in [0.15, 0.2) is 18.3 Å². The van der Waals surface area contributed by atoms with Crippen molar-refractivity contribution < 1.29 is 0 Å². The van der Waals surface area contributed by atoms with Gasteiger partial charge in [0.25, 0.3) is 0 Å². The third-order valence-corrected chi connectivity index (χ3v) is 3.71. The number of nitrogens with one attached hydrogen (secondary N) is 1. The predicted molar refractivity (Wildman–Crippen MR) is 92.0 cm³/mol. The van der Waals surface area contributed by atoms with E-state index in [-0.39, 0.29) is 0 Å². The average molecular weight is 292 g/mol. The van der Waals surface area contributed by atoms with Gasteiger partial charge in [-0.1, -0.05) is 13.0 Å². The standard InChI is InChI=1S/C17H32N4/c1-6-11-18-15(3)16-9-10-17(19-14-16)21(7-2)13-8-12-20(4)5/h9-10,14-15,18H,6-8,11-13H2,1-5H3. The van der Waals surface area contributed by atoms with Gasteiger partial charge in [-0.05, 0) is 65.5 Å². The minimum atomic E-state index is 0.371. The first-order valence-corrected chi connectivity index (χ1v) is 8.17. The zero-order chi connectivity index (χ0) is 15.7. The van der Waals surface area contributed by atoms with Gasteiger partial charge in [-0.2, -0.15) is 0 Å². The quantitative estimate of drug-likeness (QED) is 0.718. The van der Waals surface area contributed by atoms with Gasteiger partial charge < -0.3 is 15.1 Å². The Bertz CT molecular complexity index is 375. The van der Waals surface area contributed by atoms with E-state index < -0.39 is 0 Å². The van der Waals surface area contributed by atoms with Crippen LogP contribution in [0.1, 0.15) is 45.2 Å². The van der Waals surface area contributed by atoms with Crippen molar-refractivity contribution >= 4 is 5.82 Å². The van der Waals surface area contributed by atoms with Crippen LogP contribution in [-0.2, 0) is 0 Å². The SMILES string of the molecule is CCCNC(C)c1ccc(N(CC)CCCN(C)C)nc1. The number of hydrogen-bond acceptors (Lipinski definition) is 4. The van der Waals surface area contributed by atoms with Gasteiger partial charge in [0.1, 0.15) is 5.82 Å². The van der Waals surface area contributed by atoms with Crippen LogP contribution in [-0.4, -0.2) is 50.2 Å². The summed E-state index contributed by atoms with van der Waals surface area (Å²) in [5, 5.41) is 3.50. The molecule has 1 unspecified atom stereocenters. The number of nitrogens with zero attached hydrogens (tertiary/aromatic N) is 3. The van der Waals surface area contributed by atoms with Crippen molar-refractivity contribution in [3.63, 3.8) is 0 Å². The van der Waals surface area contributed by atoms with Crippen molar-refractivity contribution in [1.82, 2.24) is 15.2 Å². The number of pyridine rings is 1. The Labute approximate surface area is 130 Å². The number of aromatic nitrogens is 1. The van der Waals surface area contributed by atoms with Crippen LogP contribution in [0.4, 0.5) is 5.82 Å². The van der Waals surface area contributed by atoms with E-state index in [1.165, 1.54) is 12.0 Å². The van der Waals surface area contributed by atoms with Crippen LogP contribution in [0.2, 0.25) is 0 Å². The van der Waals surface area contributed by atoms with Crippen molar-refractivity contribution in [2.24, 2.45) is 0 Å². The number of anilines is 1.